The number of ether oxygens (including phenoxy) is 2. The summed E-state index contributed by atoms with van der Waals surface area (Å²) in [7, 11) is 2.67. The Labute approximate surface area is 127 Å². The number of rotatable bonds is 3. The summed E-state index contributed by atoms with van der Waals surface area (Å²) in [6.45, 7) is 0. The Kier molecular flexibility index (Phi) is 4.53. The third-order valence-electron chi connectivity index (χ3n) is 3.51. The molecule has 0 spiro atoms. The molecule has 0 aliphatic carbocycles. The van der Waals surface area contributed by atoms with Crippen molar-refractivity contribution in [3.8, 4) is 6.07 Å². The van der Waals surface area contributed by atoms with Crippen molar-refractivity contribution >= 4 is 23.7 Å². The number of nitrogens with zero attached hydrogens (tertiary/aromatic N) is 1. The molecule has 2 rings (SSSR count). The molecular formula is C15H15NO4S. The van der Waals surface area contributed by atoms with Gasteiger partial charge in [-0.05, 0) is 36.6 Å². The topological polar surface area (TPSA) is 76.4 Å². The van der Waals surface area contributed by atoms with Gasteiger partial charge in [0, 0.05) is 4.90 Å². The quantitative estimate of drug-likeness (QED) is 0.798. The summed E-state index contributed by atoms with van der Waals surface area (Å²) in [5.74, 6) is -0.763. The molecule has 5 nitrogen and oxygen atoms in total. The minimum atomic E-state index is -0.858. The van der Waals surface area contributed by atoms with Crippen molar-refractivity contribution in [1.29, 1.82) is 5.26 Å². The van der Waals surface area contributed by atoms with E-state index in [0.29, 0.717) is 18.4 Å². The lowest BCUT2D eigenvalue weighted by Crippen LogP contribution is -2.38. The third-order valence-corrected chi connectivity index (χ3v) is 5.03. The molecule has 1 aliphatic rings. The van der Waals surface area contributed by atoms with Crippen LogP contribution in [0.25, 0.3) is 0 Å². The molecule has 6 heteroatoms. The number of carbonyl (C=O) groups excluding carboxylic acids is 2. The standard InChI is InChI=1S/C15H15NO4S/c1-19-13(17)11-3-4-12-10(9-11)5-6-15(21-12,7-8-16)14(18)20-2/h3-4,9H,5-7H2,1-2H3. The van der Waals surface area contributed by atoms with E-state index >= 15 is 0 Å². The van der Waals surface area contributed by atoms with Gasteiger partial charge in [0.15, 0.2) is 0 Å². The van der Waals surface area contributed by atoms with E-state index in [-0.39, 0.29) is 18.4 Å². The first-order chi connectivity index (χ1) is 10.1. The highest BCUT2D eigenvalue weighted by atomic mass is 32.2. The first-order valence-corrected chi connectivity index (χ1v) is 7.23. The molecule has 0 aromatic heterocycles. The van der Waals surface area contributed by atoms with Gasteiger partial charge in [0.05, 0.1) is 32.3 Å². The van der Waals surface area contributed by atoms with Crippen molar-refractivity contribution in [3.05, 3.63) is 29.3 Å². The van der Waals surface area contributed by atoms with Gasteiger partial charge in [-0.2, -0.15) is 5.26 Å². The molecule has 1 aromatic rings. The zero-order valence-electron chi connectivity index (χ0n) is 11.8. The average molecular weight is 305 g/mol. The van der Waals surface area contributed by atoms with E-state index in [0.717, 1.165) is 10.5 Å². The van der Waals surface area contributed by atoms with Crippen LogP contribution in [0.4, 0.5) is 0 Å². The number of hydrogen-bond donors (Lipinski definition) is 0. The molecule has 1 heterocycles. The van der Waals surface area contributed by atoms with Crippen LogP contribution < -0.4 is 0 Å². The summed E-state index contributed by atoms with van der Waals surface area (Å²) in [4.78, 5) is 24.5. The molecule has 1 aromatic carbocycles. The van der Waals surface area contributed by atoms with Crippen LogP contribution >= 0.6 is 11.8 Å². The Morgan fingerprint density at radius 1 is 1.38 bits per heavy atom. The van der Waals surface area contributed by atoms with Gasteiger partial charge in [0.25, 0.3) is 0 Å². The first-order valence-electron chi connectivity index (χ1n) is 6.42. The van der Waals surface area contributed by atoms with Crippen molar-refractivity contribution in [2.75, 3.05) is 14.2 Å². The lowest BCUT2D eigenvalue weighted by Gasteiger charge is -2.33. The van der Waals surface area contributed by atoms with Crippen LogP contribution in [0, 0.1) is 11.3 Å². The SMILES string of the molecule is COC(=O)c1ccc2c(c1)CCC(CC#N)(C(=O)OC)S2. The van der Waals surface area contributed by atoms with E-state index < -0.39 is 4.75 Å². The Morgan fingerprint density at radius 3 is 2.76 bits per heavy atom. The molecule has 110 valence electrons. The summed E-state index contributed by atoms with van der Waals surface area (Å²) in [6.07, 6.45) is 1.22. The normalized spacial score (nSPS) is 20.0. The first kappa shape index (κ1) is 15.4. The molecule has 0 fully saturated rings. The molecule has 1 aliphatic heterocycles. The minimum absolute atomic E-state index is 0.0997. The molecule has 0 N–H and O–H groups in total. The number of fused-ring (bicyclic) bond motifs is 1. The van der Waals surface area contributed by atoms with Crippen LogP contribution in [0.15, 0.2) is 23.1 Å². The summed E-state index contributed by atoms with van der Waals surface area (Å²) in [5.41, 5.74) is 1.48. The molecule has 0 saturated carbocycles. The van der Waals surface area contributed by atoms with Gasteiger partial charge in [-0.3, -0.25) is 4.79 Å². The van der Waals surface area contributed by atoms with Gasteiger partial charge in [0.2, 0.25) is 0 Å². The predicted octanol–water partition coefficient (Wildman–Crippen LogP) is 2.34. The Bertz CT molecular complexity index is 623. The predicted molar refractivity (Wildman–Crippen MR) is 76.9 cm³/mol. The molecule has 0 amide bonds. The second-order valence-corrected chi connectivity index (χ2v) is 6.16. The van der Waals surface area contributed by atoms with E-state index in [2.05, 4.69) is 6.07 Å². The van der Waals surface area contributed by atoms with Crippen molar-refractivity contribution in [2.45, 2.75) is 28.9 Å². The van der Waals surface area contributed by atoms with Crippen molar-refractivity contribution < 1.29 is 19.1 Å². The number of benzene rings is 1. The lowest BCUT2D eigenvalue weighted by molar-refractivity contribution is -0.143. The van der Waals surface area contributed by atoms with Crippen LogP contribution in [-0.4, -0.2) is 30.9 Å². The average Bonchev–Trinajstić information content (AvgIpc) is 2.52. The van der Waals surface area contributed by atoms with Crippen LogP contribution in [0.5, 0.6) is 0 Å². The van der Waals surface area contributed by atoms with Gasteiger partial charge in [0.1, 0.15) is 4.75 Å². The fourth-order valence-electron chi connectivity index (χ4n) is 2.37. The summed E-state index contributed by atoms with van der Waals surface area (Å²) in [5, 5.41) is 8.99. The molecule has 21 heavy (non-hydrogen) atoms. The second-order valence-electron chi connectivity index (χ2n) is 4.74. The summed E-state index contributed by atoms with van der Waals surface area (Å²) in [6, 6.07) is 7.30. The largest absolute Gasteiger partial charge is 0.468 e. The molecule has 1 unspecified atom stereocenters. The smallest absolute Gasteiger partial charge is 0.337 e. The van der Waals surface area contributed by atoms with E-state index in [1.54, 1.807) is 18.2 Å². The fourth-order valence-corrected chi connectivity index (χ4v) is 3.73. The maximum atomic E-state index is 12.0. The zero-order chi connectivity index (χ0) is 15.5. The van der Waals surface area contributed by atoms with E-state index in [1.165, 1.54) is 26.0 Å². The van der Waals surface area contributed by atoms with E-state index in [4.69, 9.17) is 14.7 Å². The lowest BCUT2D eigenvalue weighted by atomic mass is 9.94. The zero-order valence-corrected chi connectivity index (χ0v) is 12.7. The Balaban J connectivity index is 2.34. The van der Waals surface area contributed by atoms with Gasteiger partial charge < -0.3 is 9.47 Å². The molecule has 0 bridgehead atoms. The van der Waals surface area contributed by atoms with Crippen LogP contribution in [0.2, 0.25) is 0 Å². The van der Waals surface area contributed by atoms with Gasteiger partial charge in [-0.1, -0.05) is 0 Å². The molecule has 0 saturated heterocycles. The highest BCUT2D eigenvalue weighted by Gasteiger charge is 2.43. The summed E-state index contributed by atoms with van der Waals surface area (Å²) < 4.78 is 8.70. The van der Waals surface area contributed by atoms with Gasteiger partial charge in [-0.15, -0.1) is 11.8 Å². The van der Waals surface area contributed by atoms with Gasteiger partial charge >= 0.3 is 11.9 Å². The minimum Gasteiger partial charge on any atom is -0.468 e. The summed E-state index contributed by atoms with van der Waals surface area (Å²) >= 11 is 1.34. The number of esters is 2. The monoisotopic (exact) mass is 305 g/mol. The number of nitriles is 1. The van der Waals surface area contributed by atoms with E-state index in [9.17, 15) is 9.59 Å². The highest BCUT2D eigenvalue weighted by molar-refractivity contribution is 8.01. The van der Waals surface area contributed by atoms with Crippen LogP contribution in [0.3, 0.4) is 0 Å². The number of hydrogen-bond acceptors (Lipinski definition) is 6. The van der Waals surface area contributed by atoms with Crippen molar-refractivity contribution in [2.24, 2.45) is 0 Å². The Hall–Kier alpha value is -2.00. The Morgan fingerprint density at radius 2 is 2.14 bits per heavy atom. The van der Waals surface area contributed by atoms with E-state index in [1.807, 2.05) is 0 Å². The molecular weight excluding hydrogens is 290 g/mol. The number of carbonyl (C=O) groups is 2. The maximum Gasteiger partial charge on any atom is 0.337 e. The number of methoxy groups -OCH3 is 2. The highest BCUT2D eigenvalue weighted by Crippen LogP contribution is 2.46. The number of thioether (sulfide) groups is 1. The number of aryl methyl sites for hydroxylation is 1. The molecule has 1 atom stereocenters. The molecule has 0 radical (unpaired) electrons. The van der Waals surface area contributed by atoms with Crippen LogP contribution in [0.1, 0.15) is 28.8 Å². The maximum absolute atomic E-state index is 12.0. The third kappa shape index (κ3) is 2.88. The second kappa shape index (κ2) is 6.19. The fraction of sp³-hybridized carbons (Fsp3) is 0.400. The van der Waals surface area contributed by atoms with Crippen molar-refractivity contribution in [1.82, 2.24) is 0 Å². The van der Waals surface area contributed by atoms with Gasteiger partial charge in [-0.25, -0.2) is 4.79 Å². The van der Waals surface area contributed by atoms with Crippen LogP contribution in [-0.2, 0) is 20.7 Å². The van der Waals surface area contributed by atoms with Crippen molar-refractivity contribution in [3.63, 3.8) is 0 Å².